The average Bonchev–Trinajstić information content (AvgIpc) is 3.05. The first-order valence-corrected chi connectivity index (χ1v) is 11.9. The number of pyridine rings is 1. The largest absolute Gasteiger partial charge is 0.490 e. The molecule has 1 saturated heterocycles. The van der Waals surface area contributed by atoms with Gasteiger partial charge in [0, 0.05) is 57.3 Å². The van der Waals surface area contributed by atoms with Crippen LogP contribution in [-0.4, -0.2) is 85.9 Å². The molecule has 178 valence electrons. The number of piperazine rings is 1. The second-order valence-electron chi connectivity index (χ2n) is 9.20. The molecule has 0 amide bonds. The summed E-state index contributed by atoms with van der Waals surface area (Å²) in [5.41, 5.74) is 7.92. The van der Waals surface area contributed by atoms with Crippen LogP contribution >= 0.6 is 11.3 Å². The number of nitrogen functional groups attached to an aromatic ring is 1. The van der Waals surface area contributed by atoms with Crippen molar-refractivity contribution in [2.45, 2.75) is 40.2 Å². The summed E-state index contributed by atoms with van der Waals surface area (Å²) in [6, 6.07) is 0. The second kappa shape index (κ2) is 10.3. The zero-order chi connectivity index (χ0) is 23.5. The van der Waals surface area contributed by atoms with Gasteiger partial charge in [0.05, 0.1) is 18.0 Å². The van der Waals surface area contributed by atoms with Crippen molar-refractivity contribution >= 4 is 33.2 Å². The number of hydrogen-bond acceptors (Lipinski definition) is 9. The van der Waals surface area contributed by atoms with Gasteiger partial charge in [0.15, 0.2) is 0 Å². The van der Waals surface area contributed by atoms with Crippen molar-refractivity contribution in [2.24, 2.45) is 0 Å². The highest BCUT2D eigenvalue weighted by molar-refractivity contribution is 7.21. The molecule has 2 aromatic heterocycles. The lowest BCUT2D eigenvalue weighted by Crippen LogP contribution is -2.48. The van der Waals surface area contributed by atoms with Crippen LogP contribution in [-0.2, 0) is 9.47 Å². The number of esters is 1. The minimum Gasteiger partial charge on any atom is -0.490 e. The molecule has 8 nitrogen and oxygen atoms in total. The molecule has 0 aliphatic carbocycles. The molecule has 0 radical (unpaired) electrons. The first-order valence-electron chi connectivity index (χ1n) is 11.1. The summed E-state index contributed by atoms with van der Waals surface area (Å²) in [6.07, 6.45) is 0. The van der Waals surface area contributed by atoms with Crippen molar-refractivity contribution in [1.82, 2.24) is 14.8 Å². The standard InChI is InChI=1S/C23H36N4O4S/c1-15-17-18(24)20(22(28)31-23(3,4)5)32-21(17)25-16(2)19(15)30-14-12-27-9-7-26(8-10-27)11-13-29-6/h7-14,24H2,1-6H3. The van der Waals surface area contributed by atoms with Gasteiger partial charge in [-0.1, -0.05) is 0 Å². The molecule has 3 heterocycles. The van der Waals surface area contributed by atoms with Gasteiger partial charge in [-0.15, -0.1) is 11.3 Å². The maximum Gasteiger partial charge on any atom is 0.351 e. The molecule has 2 aromatic rings. The van der Waals surface area contributed by atoms with E-state index in [4.69, 9.17) is 19.9 Å². The number of methoxy groups -OCH3 is 1. The zero-order valence-corrected chi connectivity index (χ0v) is 20.9. The Morgan fingerprint density at radius 1 is 1.09 bits per heavy atom. The summed E-state index contributed by atoms with van der Waals surface area (Å²) in [4.78, 5) is 23.2. The highest BCUT2D eigenvalue weighted by Crippen LogP contribution is 2.40. The molecule has 2 N–H and O–H groups in total. The van der Waals surface area contributed by atoms with E-state index in [1.165, 1.54) is 11.3 Å². The number of anilines is 1. The van der Waals surface area contributed by atoms with E-state index in [9.17, 15) is 4.79 Å². The van der Waals surface area contributed by atoms with Gasteiger partial charge in [-0.2, -0.15) is 0 Å². The summed E-state index contributed by atoms with van der Waals surface area (Å²) in [5, 5.41) is 0.781. The van der Waals surface area contributed by atoms with Gasteiger partial charge in [0.25, 0.3) is 0 Å². The Morgan fingerprint density at radius 2 is 1.69 bits per heavy atom. The SMILES string of the molecule is COCCN1CCN(CCOc2c(C)nc3sc(C(=O)OC(C)(C)C)c(N)c3c2C)CC1. The van der Waals surface area contributed by atoms with Gasteiger partial charge in [-0.25, -0.2) is 9.78 Å². The molecular formula is C23H36N4O4S. The van der Waals surface area contributed by atoms with E-state index in [1.54, 1.807) is 7.11 Å². The third-order valence-corrected chi connectivity index (χ3v) is 6.63. The van der Waals surface area contributed by atoms with Crippen molar-refractivity contribution in [3.05, 3.63) is 16.1 Å². The lowest BCUT2D eigenvalue weighted by molar-refractivity contribution is 0.00764. The maximum atomic E-state index is 12.6. The zero-order valence-electron chi connectivity index (χ0n) is 20.1. The van der Waals surface area contributed by atoms with E-state index in [-0.39, 0.29) is 0 Å². The molecule has 9 heteroatoms. The molecule has 0 unspecified atom stereocenters. The summed E-state index contributed by atoms with van der Waals surface area (Å²) in [7, 11) is 1.74. The lowest BCUT2D eigenvalue weighted by atomic mass is 10.1. The number of nitrogens with zero attached hydrogens (tertiary/aromatic N) is 3. The number of ether oxygens (including phenoxy) is 3. The first-order chi connectivity index (χ1) is 15.1. The molecule has 0 spiro atoms. The third kappa shape index (κ3) is 5.89. The number of carbonyl (C=O) groups excluding carboxylic acids is 1. The van der Waals surface area contributed by atoms with Crippen LogP contribution in [0.4, 0.5) is 5.69 Å². The Bertz CT molecular complexity index is 946. The number of aromatic nitrogens is 1. The molecule has 3 rings (SSSR count). The van der Waals surface area contributed by atoms with Crippen LogP contribution in [0.25, 0.3) is 10.2 Å². The topological polar surface area (TPSA) is 90.1 Å². The number of thiophene rings is 1. The normalized spacial score (nSPS) is 15.9. The Hall–Kier alpha value is -1.94. The van der Waals surface area contributed by atoms with Gasteiger partial charge in [-0.3, -0.25) is 9.80 Å². The predicted octanol–water partition coefficient (Wildman–Crippen LogP) is 3.09. The molecular weight excluding hydrogens is 428 g/mol. The number of aryl methyl sites for hydroxylation is 2. The van der Waals surface area contributed by atoms with Crippen LogP contribution in [0.1, 0.15) is 41.7 Å². The number of rotatable bonds is 8. The second-order valence-corrected chi connectivity index (χ2v) is 10.2. The third-order valence-electron chi connectivity index (χ3n) is 5.55. The molecule has 0 aromatic carbocycles. The van der Waals surface area contributed by atoms with Crippen LogP contribution < -0.4 is 10.5 Å². The van der Waals surface area contributed by atoms with E-state index in [0.717, 1.165) is 73.1 Å². The molecule has 0 bridgehead atoms. The average molecular weight is 465 g/mol. The number of nitrogens with two attached hydrogens (primary N) is 1. The quantitative estimate of drug-likeness (QED) is 0.596. The Kier molecular flexibility index (Phi) is 7.97. The Labute approximate surface area is 194 Å². The molecule has 0 atom stereocenters. The van der Waals surface area contributed by atoms with Crippen molar-refractivity contribution < 1.29 is 19.0 Å². The fourth-order valence-corrected chi connectivity index (χ4v) is 4.96. The van der Waals surface area contributed by atoms with E-state index in [2.05, 4.69) is 14.8 Å². The molecule has 0 saturated carbocycles. The minimum absolute atomic E-state index is 0.397. The number of hydrogen-bond donors (Lipinski definition) is 1. The molecule has 32 heavy (non-hydrogen) atoms. The lowest BCUT2D eigenvalue weighted by Gasteiger charge is -2.34. The first kappa shape index (κ1) is 24.7. The van der Waals surface area contributed by atoms with Crippen LogP contribution in [0.5, 0.6) is 5.75 Å². The Morgan fingerprint density at radius 3 is 2.25 bits per heavy atom. The molecule has 1 aliphatic heterocycles. The predicted molar refractivity (Wildman–Crippen MR) is 129 cm³/mol. The smallest absolute Gasteiger partial charge is 0.351 e. The maximum absolute atomic E-state index is 12.6. The van der Waals surface area contributed by atoms with Crippen molar-refractivity contribution in [3.8, 4) is 5.75 Å². The van der Waals surface area contributed by atoms with E-state index >= 15 is 0 Å². The van der Waals surface area contributed by atoms with E-state index < -0.39 is 11.6 Å². The number of fused-ring (bicyclic) bond motifs is 1. The van der Waals surface area contributed by atoms with Gasteiger partial charge >= 0.3 is 5.97 Å². The van der Waals surface area contributed by atoms with Crippen molar-refractivity contribution in [2.75, 3.05) is 65.3 Å². The highest BCUT2D eigenvalue weighted by atomic mass is 32.1. The van der Waals surface area contributed by atoms with Crippen molar-refractivity contribution in [3.63, 3.8) is 0 Å². The van der Waals surface area contributed by atoms with Gasteiger partial charge in [0.1, 0.15) is 27.7 Å². The van der Waals surface area contributed by atoms with Crippen LogP contribution in [0.3, 0.4) is 0 Å². The van der Waals surface area contributed by atoms with E-state index in [0.29, 0.717) is 17.2 Å². The molecule has 1 fully saturated rings. The fraction of sp³-hybridized carbons (Fsp3) is 0.652. The summed E-state index contributed by atoms with van der Waals surface area (Å²) in [6.45, 7) is 16.8. The summed E-state index contributed by atoms with van der Waals surface area (Å²) < 4.78 is 16.9. The number of carbonyl (C=O) groups is 1. The Balaban J connectivity index is 1.66. The van der Waals surface area contributed by atoms with Crippen LogP contribution in [0, 0.1) is 13.8 Å². The highest BCUT2D eigenvalue weighted by Gasteiger charge is 2.26. The minimum atomic E-state index is -0.582. The monoisotopic (exact) mass is 464 g/mol. The van der Waals surface area contributed by atoms with Crippen LogP contribution in [0.15, 0.2) is 0 Å². The van der Waals surface area contributed by atoms with Gasteiger partial charge < -0.3 is 19.9 Å². The van der Waals surface area contributed by atoms with Gasteiger partial charge in [-0.05, 0) is 34.6 Å². The summed E-state index contributed by atoms with van der Waals surface area (Å²) in [5.74, 6) is 0.332. The fourth-order valence-electron chi connectivity index (χ4n) is 3.88. The van der Waals surface area contributed by atoms with E-state index in [1.807, 2.05) is 34.6 Å². The van der Waals surface area contributed by atoms with Crippen molar-refractivity contribution in [1.29, 1.82) is 0 Å². The van der Waals surface area contributed by atoms with Gasteiger partial charge in [0.2, 0.25) is 0 Å². The summed E-state index contributed by atoms with van der Waals surface area (Å²) >= 11 is 1.27. The molecule has 1 aliphatic rings. The van der Waals surface area contributed by atoms with Crippen LogP contribution in [0.2, 0.25) is 0 Å².